The SMILES string of the molecule is CC(C)(C)C(=O)Nc1cnn(Cc2ncc(-c3ccccc3)o2)c1. The van der Waals surface area contributed by atoms with Crippen LogP contribution in [0.1, 0.15) is 26.7 Å². The van der Waals surface area contributed by atoms with E-state index in [0.29, 0.717) is 18.1 Å². The smallest absolute Gasteiger partial charge is 0.229 e. The molecule has 0 saturated carbocycles. The van der Waals surface area contributed by atoms with E-state index in [1.807, 2.05) is 51.1 Å². The Kier molecular flexibility index (Phi) is 4.20. The molecule has 2 heterocycles. The van der Waals surface area contributed by atoms with Crippen LogP contribution in [0.3, 0.4) is 0 Å². The quantitative estimate of drug-likeness (QED) is 0.796. The number of benzene rings is 1. The Morgan fingerprint density at radius 2 is 1.96 bits per heavy atom. The number of oxazole rings is 1. The minimum Gasteiger partial charge on any atom is -0.439 e. The largest absolute Gasteiger partial charge is 0.439 e. The van der Waals surface area contributed by atoms with Crippen LogP contribution in [0, 0.1) is 5.41 Å². The fourth-order valence-electron chi connectivity index (χ4n) is 2.09. The molecule has 0 saturated heterocycles. The second-order valence-corrected chi connectivity index (χ2v) is 6.61. The molecular formula is C18H20N4O2. The van der Waals surface area contributed by atoms with Crippen molar-refractivity contribution in [1.29, 1.82) is 0 Å². The van der Waals surface area contributed by atoms with Crippen molar-refractivity contribution in [2.24, 2.45) is 5.41 Å². The zero-order valence-electron chi connectivity index (χ0n) is 14.0. The Morgan fingerprint density at radius 1 is 1.21 bits per heavy atom. The summed E-state index contributed by atoms with van der Waals surface area (Å²) in [5.41, 5.74) is 1.19. The molecule has 0 aliphatic rings. The van der Waals surface area contributed by atoms with Gasteiger partial charge in [-0.1, -0.05) is 51.1 Å². The third-order valence-corrected chi connectivity index (χ3v) is 3.48. The van der Waals surface area contributed by atoms with Gasteiger partial charge in [-0.05, 0) is 0 Å². The molecule has 124 valence electrons. The van der Waals surface area contributed by atoms with E-state index in [0.717, 1.165) is 11.3 Å². The summed E-state index contributed by atoms with van der Waals surface area (Å²) in [6.45, 7) is 6.00. The molecule has 1 aromatic carbocycles. The van der Waals surface area contributed by atoms with Crippen molar-refractivity contribution in [3.8, 4) is 11.3 Å². The number of carbonyl (C=O) groups is 1. The second kappa shape index (κ2) is 6.31. The summed E-state index contributed by atoms with van der Waals surface area (Å²) >= 11 is 0. The number of amides is 1. The van der Waals surface area contributed by atoms with Gasteiger partial charge in [-0.2, -0.15) is 5.10 Å². The summed E-state index contributed by atoms with van der Waals surface area (Å²) in [5.74, 6) is 1.23. The van der Waals surface area contributed by atoms with Gasteiger partial charge >= 0.3 is 0 Å². The van der Waals surface area contributed by atoms with Crippen LogP contribution in [-0.4, -0.2) is 20.7 Å². The van der Waals surface area contributed by atoms with Gasteiger partial charge in [0.2, 0.25) is 11.8 Å². The minimum absolute atomic E-state index is 0.0514. The van der Waals surface area contributed by atoms with Crippen molar-refractivity contribution in [2.75, 3.05) is 5.32 Å². The van der Waals surface area contributed by atoms with Gasteiger partial charge in [0.25, 0.3) is 0 Å². The van der Waals surface area contributed by atoms with Crippen LogP contribution in [-0.2, 0) is 11.3 Å². The lowest BCUT2D eigenvalue weighted by molar-refractivity contribution is -0.123. The fourth-order valence-corrected chi connectivity index (χ4v) is 2.09. The Balaban J connectivity index is 1.67. The van der Waals surface area contributed by atoms with Crippen LogP contribution in [0.15, 0.2) is 53.3 Å². The highest BCUT2D eigenvalue weighted by Gasteiger charge is 2.21. The number of nitrogens with one attached hydrogen (secondary N) is 1. The van der Waals surface area contributed by atoms with E-state index in [9.17, 15) is 4.79 Å². The summed E-state index contributed by atoms with van der Waals surface area (Å²) < 4.78 is 7.44. The lowest BCUT2D eigenvalue weighted by atomic mass is 9.96. The molecule has 6 nitrogen and oxygen atoms in total. The van der Waals surface area contributed by atoms with Crippen molar-refractivity contribution in [3.63, 3.8) is 0 Å². The number of nitrogens with zero attached hydrogens (tertiary/aromatic N) is 3. The van der Waals surface area contributed by atoms with Gasteiger partial charge in [-0.25, -0.2) is 4.98 Å². The topological polar surface area (TPSA) is 73.0 Å². The first-order valence-corrected chi connectivity index (χ1v) is 7.76. The molecule has 3 rings (SSSR count). The average Bonchev–Trinajstić information content (AvgIpc) is 3.17. The molecule has 24 heavy (non-hydrogen) atoms. The van der Waals surface area contributed by atoms with Gasteiger partial charge < -0.3 is 9.73 Å². The van der Waals surface area contributed by atoms with E-state index in [-0.39, 0.29) is 5.91 Å². The van der Waals surface area contributed by atoms with E-state index in [4.69, 9.17) is 4.42 Å². The van der Waals surface area contributed by atoms with E-state index < -0.39 is 5.41 Å². The first kappa shape index (κ1) is 16.0. The number of carbonyl (C=O) groups excluding carboxylic acids is 1. The summed E-state index contributed by atoms with van der Waals surface area (Å²) in [6, 6.07) is 9.80. The number of anilines is 1. The molecule has 1 amide bonds. The summed E-state index contributed by atoms with van der Waals surface area (Å²) in [6.07, 6.45) is 5.08. The van der Waals surface area contributed by atoms with E-state index in [2.05, 4.69) is 15.4 Å². The molecule has 0 aliphatic carbocycles. The standard InChI is InChI=1S/C18H20N4O2/c1-18(2,3)17(23)21-14-9-20-22(11-14)12-16-19-10-15(24-16)13-7-5-4-6-8-13/h4-11H,12H2,1-3H3,(H,21,23). The second-order valence-electron chi connectivity index (χ2n) is 6.61. The van der Waals surface area contributed by atoms with Gasteiger partial charge in [-0.15, -0.1) is 0 Å². The van der Waals surface area contributed by atoms with Crippen LogP contribution in [0.5, 0.6) is 0 Å². The van der Waals surface area contributed by atoms with Gasteiger partial charge in [0.1, 0.15) is 6.54 Å². The Hall–Kier alpha value is -2.89. The highest BCUT2D eigenvalue weighted by atomic mass is 16.4. The molecular weight excluding hydrogens is 304 g/mol. The Bertz CT molecular complexity index is 828. The first-order chi connectivity index (χ1) is 11.4. The maximum Gasteiger partial charge on any atom is 0.229 e. The fraction of sp³-hybridized carbons (Fsp3) is 0.278. The third-order valence-electron chi connectivity index (χ3n) is 3.48. The molecule has 0 fully saturated rings. The zero-order valence-corrected chi connectivity index (χ0v) is 14.0. The van der Waals surface area contributed by atoms with Crippen LogP contribution < -0.4 is 5.32 Å². The maximum absolute atomic E-state index is 12.0. The van der Waals surface area contributed by atoms with Crippen molar-refractivity contribution >= 4 is 11.6 Å². The predicted molar refractivity (Wildman–Crippen MR) is 91.4 cm³/mol. The molecule has 0 aliphatic heterocycles. The Morgan fingerprint density at radius 3 is 2.67 bits per heavy atom. The van der Waals surface area contributed by atoms with Gasteiger partial charge in [-0.3, -0.25) is 9.48 Å². The highest BCUT2D eigenvalue weighted by molar-refractivity contribution is 5.94. The summed E-state index contributed by atoms with van der Waals surface area (Å²) in [7, 11) is 0. The molecule has 0 atom stereocenters. The van der Waals surface area contributed by atoms with Gasteiger partial charge in [0, 0.05) is 17.2 Å². The van der Waals surface area contributed by atoms with Gasteiger partial charge in [0.15, 0.2) is 5.76 Å². The highest BCUT2D eigenvalue weighted by Crippen LogP contribution is 2.21. The normalized spacial score (nSPS) is 11.5. The predicted octanol–water partition coefficient (Wildman–Crippen LogP) is 3.57. The molecule has 0 unspecified atom stereocenters. The first-order valence-electron chi connectivity index (χ1n) is 7.76. The monoisotopic (exact) mass is 324 g/mol. The van der Waals surface area contributed by atoms with E-state index in [1.54, 1.807) is 23.3 Å². The van der Waals surface area contributed by atoms with Gasteiger partial charge in [0.05, 0.1) is 18.1 Å². The summed E-state index contributed by atoms with van der Waals surface area (Å²) in [4.78, 5) is 16.3. The van der Waals surface area contributed by atoms with Crippen LogP contribution in [0.4, 0.5) is 5.69 Å². The molecule has 3 aromatic rings. The molecule has 0 spiro atoms. The lowest BCUT2D eigenvalue weighted by Gasteiger charge is -2.16. The minimum atomic E-state index is -0.449. The molecule has 2 aromatic heterocycles. The lowest BCUT2D eigenvalue weighted by Crippen LogP contribution is -2.27. The van der Waals surface area contributed by atoms with Crippen LogP contribution >= 0.6 is 0 Å². The zero-order chi connectivity index (χ0) is 17.2. The van der Waals surface area contributed by atoms with E-state index in [1.165, 1.54) is 0 Å². The van der Waals surface area contributed by atoms with Crippen LogP contribution in [0.25, 0.3) is 11.3 Å². The maximum atomic E-state index is 12.0. The third kappa shape index (κ3) is 3.71. The van der Waals surface area contributed by atoms with Crippen molar-refractivity contribution in [3.05, 3.63) is 54.8 Å². The number of hydrogen-bond donors (Lipinski definition) is 1. The Labute approximate surface area is 140 Å². The molecule has 0 radical (unpaired) electrons. The number of aromatic nitrogens is 3. The molecule has 6 heteroatoms. The van der Waals surface area contributed by atoms with Crippen molar-refractivity contribution in [1.82, 2.24) is 14.8 Å². The summed E-state index contributed by atoms with van der Waals surface area (Å²) in [5, 5.41) is 7.08. The number of rotatable bonds is 4. The van der Waals surface area contributed by atoms with Crippen molar-refractivity contribution < 1.29 is 9.21 Å². The average molecular weight is 324 g/mol. The molecule has 1 N–H and O–H groups in total. The molecule has 0 bridgehead atoms. The van der Waals surface area contributed by atoms with Crippen LogP contribution in [0.2, 0.25) is 0 Å². The van der Waals surface area contributed by atoms with Crippen molar-refractivity contribution in [2.45, 2.75) is 27.3 Å². The van der Waals surface area contributed by atoms with E-state index >= 15 is 0 Å². The number of hydrogen-bond acceptors (Lipinski definition) is 4.